The van der Waals surface area contributed by atoms with Crippen molar-refractivity contribution in [3.63, 3.8) is 0 Å². The molecule has 1 N–H and O–H groups in total. The minimum Gasteiger partial charge on any atom is -0.345 e. The number of carbonyl (C=O) groups excluding carboxylic acids is 1. The Labute approximate surface area is 116 Å². The molecule has 0 spiro atoms. The molecule has 4 heteroatoms. The lowest BCUT2D eigenvalue weighted by molar-refractivity contribution is 0.0939. The molecule has 0 bridgehead atoms. The van der Waals surface area contributed by atoms with E-state index in [1.807, 2.05) is 6.07 Å². The number of nitrogens with one attached hydrogen (secondary N) is 1. The number of halogens is 1. The van der Waals surface area contributed by atoms with Crippen LogP contribution in [-0.4, -0.2) is 5.91 Å². The molecule has 1 atom stereocenters. The number of nitriles is 1. The number of rotatable bonds is 3. The molecule has 0 saturated carbocycles. The maximum atomic E-state index is 13.6. The molecule has 0 radical (unpaired) electrons. The van der Waals surface area contributed by atoms with Crippen LogP contribution in [0.3, 0.4) is 0 Å². The van der Waals surface area contributed by atoms with Gasteiger partial charge in [0.25, 0.3) is 5.91 Å². The molecule has 2 aromatic carbocycles. The lowest BCUT2D eigenvalue weighted by Crippen LogP contribution is -2.27. The molecule has 0 heterocycles. The van der Waals surface area contributed by atoms with Crippen LogP contribution in [0, 0.1) is 17.1 Å². The fourth-order valence-corrected chi connectivity index (χ4v) is 1.91. The van der Waals surface area contributed by atoms with Gasteiger partial charge in [-0.1, -0.05) is 24.3 Å². The zero-order valence-electron chi connectivity index (χ0n) is 10.9. The number of hydrogen-bond acceptors (Lipinski definition) is 2. The summed E-state index contributed by atoms with van der Waals surface area (Å²) in [6.07, 6.45) is 0. The Balaban J connectivity index is 2.15. The highest BCUT2D eigenvalue weighted by molar-refractivity contribution is 5.94. The number of hydrogen-bond donors (Lipinski definition) is 1. The third-order valence-electron chi connectivity index (χ3n) is 2.97. The smallest absolute Gasteiger partial charge is 0.251 e. The fraction of sp³-hybridized carbons (Fsp3) is 0.125. The van der Waals surface area contributed by atoms with E-state index >= 15 is 0 Å². The summed E-state index contributed by atoms with van der Waals surface area (Å²) in [6.45, 7) is 1.71. The average molecular weight is 268 g/mol. The van der Waals surface area contributed by atoms with Crippen LogP contribution in [0.5, 0.6) is 0 Å². The fourth-order valence-electron chi connectivity index (χ4n) is 1.91. The van der Waals surface area contributed by atoms with Crippen LogP contribution >= 0.6 is 0 Å². The van der Waals surface area contributed by atoms with Crippen molar-refractivity contribution in [2.75, 3.05) is 0 Å². The first-order chi connectivity index (χ1) is 9.61. The third-order valence-corrected chi connectivity index (χ3v) is 2.97. The summed E-state index contributed by atoms with van der Waals surface area (Å²) in [4.78, 5) is 12.1. The molecule has 2 aromatic rings. The van der Waals surface area contributed by atoms with E-state index in [0.717, 1.165) is 0 Å². The molecule has 100 valence electrons. The van der Waals surface area contributed by atoms with Gasteiger partial charge in [-0.05, 0) is 31.2 Å². The molecular formula is C16H13FN2O. The van der Waals surface area contributed by atoms with Crippen molar-refractivity contribution in [1.29, 1.82) is 5.26 Å². The second-order valence-corrected chi connectivity index (χ2v) is 4.41. The van der Waals surface area contributed by atoms with E-state index in [0.29, 0.717) is 16.7 Å². The summed E-state index contributed by atoms with van der Waals surface area (Å²) in [6, 6.07) is 14.2. The van der Waals surface area contributed by atoms with Gasteiger partial charge in [-0.15, -0.1) is 0 Å². The van der Waals surface area contributed by atoms with E-state index in [2.05, 4.69) is 5.32 Å². The highest BCUT2D eigenvalue weighted by atomic mass is 19.1. The van der Waals surface area contributed by atoms with Gasteiger partial charge < -0.3 is 5.32 Å². The van der Waals surface area contributed by atoms with E-state index in [1.54, 1.807) is 43.3 Å². The topological polar surface area (TPSA) is 52.9 Å². The molecule has 0 aliphatic rings. The predicted molar refractivity (Wildman–Crippen MR) is 73.4 cm³/mol. The Morgan fingerprint density at radius 2 is 2.00 bits per heavy atom. The van der Waals surface area contributed by atoms with Gasteiger partial charge in [-0.3, -0.25) is 4.79 Å². The second kappa shape index (κ2) is 5.98. The summed E-state index contributed by atoms with van der Waals surface area (Å²) < 4.78 is 13.6. The average Bonchev–Trinajstić information content (AvgIpc) is 2.47. The van der Waals surface area contributed by atoms with Gasteiger partial charge in [-0.2, -0.15) is 5.26 Å². The van der Waals surface area contributed by atoms with Gasteiger partial charge >= 0.3 is 0 Å². The number of carbonyl (C=O) groups is 1. The number of benzene rings is 2. The Bertz CT molecular complexity index is 676. The summed E-state index contributed by atoms with van der Waals surface area (Å²) >= 11 is 0. The molecule has 20 heavy (non-hydrogen) atoms. The molecule has 0 unspecified atom stereocenters. The van der Waals surface area contributed by atoms with Crippen molar-refractivity contribution in [3.8, 4) is 6.07 Å². The normalized spacial score (nSPS) is 11.4. The van der Waals surface area contributed by atoms with Gasteiger partial charge in [0.05, 0.1) is 17.7 Å². The standard InChI is InChI=1S/C16H13FN2O/c1-11(14-7-2-3-8-15(14)17)19-16(20)13-6-4-5-12(9-13)10-18/h2-9,11H,1H3,(H,19,20)/t11-/m0/s1. The number of nitrogens with zero attached hydrogens (tertiary/aromatic N) is 1. The van der Waals surface area contributed by atoms with Gasteiger partial charge in [0.1, 0.15) is 5.82 Å². The molecule has 2 rings (SSSR count). The van der Waals surface area contributed by atoms with Gasteiger partial charge in [0.2, 0.25) is 0 Å². The quantitative estimate of drug-likeness (QED) is 0.929. The first-order valence-corrected chi connectivity index (χ1v) is 6.17. The van der Waals surface area contributed by atoms with Crippen LogP contribution in [0.25, 0.3) is 0 Å². The highest BCUT2D eigenvalue weighted by Gasteiger charge is 2.14. The van der Waals surface area contributed by atoms with E-state index in [9.17, 15) is 9.18 Å². The van der Waals surface area contributed by atoms with Crippen molar-refractivity contribution in [2.24, 2.45) is 0 Å². The molecule has 0 aliphatic heterocycles. The van der Waals surface area contributed by atoms with Crippen molar-refractivity contribution >= 4 is 5.91 Å². The maximum absolute atomic E-state index is 13.6. The van der Waals surface area contributed by atoms with Crippen molar-refractivity contribution in [3.05, 3.63) is 71.0 Å². The minimum absolute atomic E-state index is 0.335. The van der Waals surface area contributed by atoms with Gasteiger partial charge in [0, 0.05) is 11.1 Å². The first kappa shape index (κ1) is 13.8. The van der Waals surface area contributed by atoms with Crippen LogP contribution in [-0.2, 0) is 0 Å². The summed E-state index contributed by atoms with van der Waals surface area (Å²) in [5.41, 5.74) is 1.22. The summed E-state index contributed by atoms with van der Waals surface area (Å²) in [5, 5.41) is 11.5. The van der Waals surface area contributed by atoms with Crippen LogP contribution in [0.15, 0.2) is 48.5 Å². The molecule has 1 amide bonds. The monoisotopic (exact) mass is 268 g/mol. The molecule has 0 aromatic heterocycles. The summed E-state index contributed by atoms with van der Waals surface area (Å²) in [5.74, 6) is -0.691. The van der Waals surface area contributed by atoms with Crippen molar-refractivity contribution < 1.29 is 9.18 Å². The van der Waals surface area contributed by atoms with Crippen LogP contribution in [0.4, 0.5) is 4.39 Å². The lowest BCUT2D eigenvalue weighted by atomic mass is 10.1. The minimum atomic E-state index is -0.450. The van der Waals surface area contributed by atoms with Crippen LogP contribution in [0.1, 0.15) is 34.5 Å². The second-order valence-electron chi connectivity index (χ2n) is 4.41. The third kappa shape index (κ3) is 3.01. The summed E-state index contributed by atoms with van der Waals surface area (Å²) in [7, 11) is 0. The van der Waals surface area contributed by atoms with E-state index in [4.69, 9.17) is 5.26 Å². The zero-order chi connectivity index (χ0) is 14.5. The van der Waals surface area contributed by atoms with Crippen molar-refractivity contribution in [1.82, 2.24) is 5.32 Å². The molecule has 3 nitrogen and oxygen atoms in total. The van der Waals surface area contributed by atoms with Crippen LogP contribution < -0.4 is 5.32 Å². The first-order valence-electron chi connectivity index (χ1n) is 6.17. The predicted octanol–water partition coefficient (Wildman–Crippen LogP) is 3.19. The molecular weight excluding hydrogens is 255 g/mol. The number of amides is 1. The van der Waals surface area contributed by atoms with E-state index < -0.39 is 6.04 Å². The highest BCUT2D eigenvalue weighted by Crippen LogP contribution is 2.16. The zero-order valence-corrected chi connectivity index (χ0v) is 10.9. The van der Waals surface area contributed by atoms with E-state index in [-0.39, 0.29) is 11.7 Å². The largest absolute Gasteiger partial charge is 0.345 e. The molecule has 0 saturated heterocycles. The van der Waals surface area contributed by atoms with Crippen LogP contribution in [0.2, 0.25) is 0 Å². The Morgan fingerprint density at radius 1 is 1.25 bits per heavy atom. The van der Waals surface area contributed by atoms with Gasteiger partial charge in [0.15, 0.2) is 0 Å². The van der Waals surface area contributed by atoms with Gasteiger partial charge in [-0.25, -0.2) is 4.39 Å². The molecule has 0 aliphatic carbocycles. The van der Waals surface area contributed by atoms with Crippen molar-refractivity contribution in [2.45, 2.75) is 13.0 Å². The Morgan fingerprint density at radius 3 is 2.70 bits per heavy atom. The Kier molecular flexibility index (Phi) is 4.11. The van der Waals surface area contributed by atoms with E-state index in [1.165, 1.54) is 12.1 Å². The maximum Gasteiger partial charge on any atom is 0.251 e. The Hall–Kier alpha value is -2.67. The molecule has 0 fully saturated rings. The lowest BCUT2D eigenvalue weighted by Gasteiger charge is -2.15. The SMILES string of the molecule is C[C@H](NC(=O)c1cccc(C#N)c1)c1ccccc1F.